The molecular weight excluding hydrogens is 272 g/mol. The fourth-order valence-electron chi connectivity index (χ4n) is 2.47. The molecule has 0 bridgehead atoms. The molecule has 2 atom stereocenters. The molecule has 0 radical (unpaired) electrons. The van der Waals surface area contributed by atoms with Gasteiger partial charge in [-0.3, -0.25) is 0 Å². The average Bonchev–Trinajstić information content (AvgIpc) is 2.47. The molecule has 2 aromatic rings. The molecule has 0 N–H and O–H groups in total. The molecule has 0 spiro atoms. The Balaban J connectivity index is 1.97. The summed E-state index contributed by atoms with van der Waals surface area (Å²) in [7, 11) is 0. The Morgan fingerprint density at radius 1 is 1.00 bits per heavy atom. The molecule has 0 saturated carbocycles. The summed E-state index contributed by atoms with van der Waals surface area (Å²) in [4.78, 5) is 4.26. The van der Waals surface area contributed by atoms with Crippen molar-refractivity contribution >= 4 is 5.90 Å². The van der Waals surface area contributed by atoms with Gasteiger partial charge in [-0.1, -0.05) is 36.4 Å². The summed E-state index contributed by atoms with van der Waals surface area (Å²) in [5, 5.41) is 0. The standard InChI is InChI=1S/C17H15F2NO/c1-11-10-15(12-6-3-2-4-7-12)21-17(20-11)16-13(18)8-5-9-14(16)19/h2-9,11,15H,10H2,1H3. The number of hydrogen-bond donors (Lipinski definition) is 0. The predicted octanol–water partition coefficient (Wildman–Crippen LogP) is 4.26. The van der Waals surface area contributed by atoms with Crippen LogP contribution in [-0.2, 0) is 4.74 Å². The Morgan fingerprint density at radius 3 is 2.33 bits per heavy atom. The molecule has 0 fully saturated rings. The minimum absolute atomic E-state index is 0.0400. The number of hydrogen-bond acceptors (Lipinski definition) is 2. The van der Waals surface area contributed by atoms with Crippen LogP contribution in [0.1, 0.15) is 30.6 Å². The molecular formula is C17H15F2NO. The molecule has 108 valence electrons. The summed E-state index contributed by atoms with van der Waals surface area (Å²) in [6.45, 7) is 1.91. The van der Waals surface area contributed by atoms with Gasteiger partial charge in [0.05, 0.1) is 6.04 Å². The summed E-state index contributed by atoms with van der Waals surface area (Å²) in [5.41, 5.74) is 0.790. The number of benzene rings is 2. The highest BCUT2D eigenvalue weighted by Gasteiger charge is 2.27. The molecule has 2 aromatic carbocycles. The van der Waals surface area contributed by atoms with Crippen LogP contribution in [0.3, 0.4) is 0 Å². The summed E-state index contributed by atoms with van der Waals surface area (Å²) in [6, 6.07) is 13.3. The van der Waals surface area contributed by atoms with Crippen LogP contribution in [0.15, 0.2) is 53.5 Å². The van der Waals surface area contributed by atoms with E-state index in [1.54, 1.807) is 0 Å². The highest BCUT2D eigenvalue weighted by atomic mass is 19.1. The second-order valence-electron chi connectivity index (χ2n) is 5.13. The third-order valence-electron chi connectivity index (χ3n) is 3.49. The first kappa shape index (κ1) is 13.7. The van der Waals surface area contributed by atoms with Crippen molar-refractivity contribution < 1.29 is 13.5 Å². The lowest BCUT2D eigenvalue weighted by Crippen LogP contribution is -2.25. The predicted molar refractivity (Wildman–Crippen MR) is 77.2 cm³/mol. The van der Waals surface area contributed by atoms with Gasteiger partial charge in [0.25, 0.3) is 0 Å². The third-order valence-corrected chi connectivity index (χ3v) is 3.49. The highest BCUT2D eigenvalue weighted by molar-refractivity contribution is 5.95. The van der Waals surface area contributed by atoms with E-state index >= 15 is 0 Å². The molecule has 1 aliphatic heterocycles. The fourth-order valence-corrected chi connectivity index (χ4v) is 2.47. The van der Waals surface area contributed by atoms with Crippen molar-refractivity contribution in [1.29, 1.82) is 0 Å². The van der Waals surface area contributed by atoms with E-state index in [0.29, 0.717) is 6.42 Å². The molecule has 0 amide bonds. The van der Waals surface area contributed by atoms with Gasteiger partial charge in [0, 0.05) is 6.42 Å². The Morgan fingerprint density at radius 2 is 1.67 bits per heavy atom. The maximum absolute atomic E-state index is 13.9. The van der Waals surface area contributed by atoms with E-state index in [2.05, 4.69) is 4.99 Å². The third kappa shape index (κ3) is 2.79. The number of halogens is 2. The van der Waals surface area contributed by atoms with E-state index in [9.17, 15) is 8.78 Å². The molecule has 0 aliphatic carbocycles. The second-order valence-corrected chi connectivity index (χ2v) is 5.13. The molecule has 21 heavy (non-hydrogen) atoms. The van der Waals surface area contributed by atoms with Crippen LogP contribution in [0.25, 0.3) is 0 Å². The van der Waals surface area contributed by atoms with Crippen LogP contribution in [0.2, 0.25) is 0 Å². The van der Waals surface area contributed by atoms with Gasteiger partial charge >= 0.3 is 0 Å². The van der Waals surface area contributed by atoms with Gasteiger partial charge in [0.2, 0.25) is 5.90 Å². The molecule has 0 aromatic heterocycles. The molecule has 2 unspecified atom stereocenters. The normalized spacial score (nSPS) is 21.6. The lowest BCUT2D eigenvalue weighted by Gasteiger charge is -2.27. The van der Waals surface area contributed by atoms with Crippen molar-refractivity contribution in [2.24, 2.45) is 4.99 Å². The van der Waals surface area contributed by atoms with Gasteiger partial charge in [0.1, 0.15) is 23.3 Å². The van der Waals surface area contributed by atoms with E-state index in [1.165, 1.54) is 18.2 Å². The van der Waals surface area contributed by atoms with E-state index in [-0.39, 0.29) is 23.6 Å². The molecule has 1 aliphatic rings. The van der Waals surface area contributed by atoms with Crippen molar-refractivity contribution in [3.8, 4) is 0 Å². The van der Waals surface area contributed by atoms with Gasteiger partial charge in [-0.05, 0) is 24.6 Å². The van der Waals surface area contributed by atoms with Gasteiger partial charge in [-0.15, -0.1) is 0 Å². The Bertz CT molecular complexity index is 649. The Hall–Kier alpha value is -2.23. The lowest BCUT2D eigenvalue weighted by molar-refractivity contribution is 0.154. The number of aliphatic imine (C=N–C) groups is 1. The maximum atomic E-state index is 13.9. The zero-order chi connectivity index (χ0) is 14.8. The zero-order valence-electron chi connectivity index (χ0n) is 11.6. The van der Waals surface area contributed by atoms with E-state index in [0.717, 1.165) is 5.56 Å². The van der Waals surface area contributed by atoms with Gasteiger partial charge < -0.3 is 4.74 Å². The molecule has 1 heterocycles. The SMILES string of the molecule is CC1CC(c2ccccc2)OC(c2c(F)cccc2F)=N1. The van der Waals surface area contributed by atoms with Gasteiger partial charge in [0.15, 0.2) is 0 Å². The van der Waals surface area contributed by atoms with Gasteiger partial charge in [-0.2, -0.15) is 0 Å². The minimum atomic E-state index is -0.658. The van der Waals surface area contributed by atoms with Crippen LogP contribution >= 0.6 is 0 Å². The Labute approximate surface area is 122 Å². The van der Waals surface area contributed by atoms with Crippen molar-refractivity contribution in [2.45, 2.75) is 25.5 Å². The largest absolute Gasteiger partial charge is 0.469 e. The maximum Gasteiger partial charge on any atom is 0.223 e. The first-order valence-electron chi connectivity index (χ1n) is 6.89. The van der Waals surface area contributed by atoms with Gasteiger partial charge in [-0.25, -0.2) is 13.8 Å². The lowest BCUT2D eigenvalue weighted by atomic mass is 10.0. The van der Waals surface area contributed by atoms with E-state index in [1.807, 2.05) is 37.3 Å². The summed E-state index contributed by atoms with van der Waals surface area (Å²) in [5.74, 6) is -1.28. The number of rotatable bonds is 2. The van der Waals surface area contributed by atoms with Crippen molar-refractivity contribution in [3.05, 3.63) is 71.3 Å². The fraction of sp³-hybridized carbons (Fsp3) is 0.235. The highest BCUT2D eigenvalue weighted by Crippen LogP contribution is 2.30. The number of ether oxygens (including phenoxy) is 1. The molecule has 0 saturated heterocycles. The zero-order valence-corrected chi connectivity index (χ0v) is 11.6. The van der Waals surface area contributed by atoms with Crippen LogP contribution in [0.4, 0.5) is 8.78 Å². The summed E-state index contributed by atoms with van der Waals surface area (Å²) < 4.78 is 33.5. The van der Waals surface area contributed by atoms with Crippen molar-refractivity contribution in [2.75, 3.05) is 0 Å². The molecule has 2 nitrogen and oxygen atoms in total. The molecule has 3 rings (SSSR count). The second kappa shape index (κ2) is 5.64. The van der Waals surface area contributed by atoms with Crippen molar-refractivity contribution in [1.82, 2.24) is 0 Å². The summed E-state index contributed by atoms with van der Waals surface area (Å²) >= 11 is 0. The van der Waals surface area contributed by atoms with Crippen molar-refractivity contribution in [3.63, 3.8) is 0 Å². The molecule has 4 heteroatoms. The number of nitrogens with zero attached hydrogens (tertiary/aromatic N) is 1. The average molecular weight is 287 g/mol. The van der Waals surface area contributed by atoms with E-state index in [4.69, 9.17) is 4.74 Å². The Kier molecular flexibility index (Phi) is 3.69. The topological polar surface area (TPSA) is 21.6 Å². The minimum Gasteiger partial charge on any atom is -0.469 e. The van der Waals surface area contributed by atoms with E-state index < -0.39 is 11.6 Å². The summed E-state index contributed by atoms with van der Waals surface area (Å²) in [6.07, 6.45) is 0.441. The van der Waals surface area contributed by atoms with Crippen LogP contribution < -0.4 is 0 Å². The first-order valence-corrected chi connectivity index (χ1v) is 6.89. The van der Waals surface area contributed by atoms with Crippen LogP contribution in [-0.4, -0.2) is 11.9 Å². The first-order chi connectivity index (χ1) is 10.1. The quantitative estimate of drug-likeness (QED) is 0.808. The monoisotopic (exact) mass is 287 g/mol. The van der Waals surface area contributed by atoms with Crippen LogP contribution in [0, 0.1) is 11.6 Å². The smallest absolute Gasteiger partial charge is 0.223 e. The van der Waals surface area contributed by atoms with Crippen LogP contribution in [0.5, 0.6) is 0 Å².